The number of hydrogen-bond donors (Lipinski definition) is 2. The molecular weight excluding hydrogens is 313 g/mol. The number of rotatable bonds is 5. The van der Waals surface area contributed by atoms with E-state index in [1.54, 1.807) is 13.2 Å². The van der Waals surface area contributed by atoms with E-state index in [1.807, 2.05) is 6.92 Å². The minimum Gasteiger partial charge on any atom is -0.316 e. The number of halogens is 1. The molecule has 0 spiro atoms. The maximum atomic E-state index is 13.9. The van der Waals surface area contributed by atoms with E-state index < -0.39 is 15.8 Å². The van der Waals surface area contributed by atoms with Crippen LogP contribution in [0, 0.1) is 19.7 Å². The lowest BCUT2D eigenvalue weighted by Gasteiger charge is -2.11. The number of nitrogens with one attached hydrogen (secondary N) is 2. The maximum Gasteiger partial charge on any atom is 0.264 e. The van der Waals surface area contributed by atoms with E-state index in [2.05, 4.69) is 15.0 Å². The van der Waals surface area contributed by atoms with Crippen LogP contribution >= 0.6 is 11.3 Å². The maximum absolute atomic E-state index is 13.9. The van der Waals surface area contributed by atoms with Crippen molar-refractivity contribution in [2.24, 2.45) is 0 Å². The highest BCUT2D eigenvalue weighted by Crippen LogP contribution is 2.25. The molecule has 0 fully saturated rings. The lowest BCUT2D eigenvalue weighted by Crippen LogP contribution is -2.16. The molecule has 114 valence electrons. The molecule has 0 saturated carbocycles. The highest BCUT2D eigenvalue weighted by molar-refractivity contribution is 7.93. The van der Waals surface area contributed by atoms with Crippen molar-refractivity contribution in [3.63, 3.8) is 0 Å². The van der Waals surface area contributed by atoms with Gasteiger partial charge in [-0.25, -0.2) is 17.8 Å². The van der Waals surface area contributed by atoms with Crippen molar-refractivity contribution in [2.45, 2.75) is 25.3 Å². The summed E-state index contributed by atoms with van der Waals surface area (Å²) in [6.45, 7) is 3.66. The molecule has 1 aromatic heterocycles. The zero-order chi connectivity index (χ0) is 15.6. The van der Waals surface area contributed by atoms with Gasteiger partial charge in [0.1, 0.15) is 5.82 Å². The van der Waals surface area contributed by atoms with Crippen LogP contribution in [0.5, 0.6) is 0 Å². The van der Waals surface area contributed by atoms with E-state index in [9.17, 15) is 12.8 Å². The first-order chi connectivity index (χ1) is 9.83. The van der Waals surface area contributed by atoms with Crippen molar-refractivity contribution >= 4 is 26.5 Å². The SMILES string of the molecule is CNCc1cc(F)c(C)c(S(=O)(=O)Nc2ncc(C)s2)c1. The normalized spacial score (nSPS) is 11.6. The smallest absolute Gasteiger partial charge is 0.264 e. The molecule has 8 heteroatoms. The van der Waals surface area contributed by atoms with Crippen LogP contribution in [0.25, 0.3) is 0 Å². The monoisotopic (exact) mass is 329 g/mol. The number of aryl methyl sites for hydroxylation is 1. The van der Waals surface area contributed by atoms with Crippen LogP contribution in [-0.4, -0.2) is 20.4 Å². The Kier molecular flexibility index (Phi) is 4.60. The molecule has 2 aromatic rings. The van der Waals surface area contributed by atoms with E-state index in [-0.39, 0.29) is 15.6 Å². The Hall–Kier alpha value is -1.51. The van der Waals surface area contributed by atoms with Gasteiger partial charge in [-0.1, -0.05) is 0 Å². The minimum atomic E-state index is -3.86. The summed E-state index contributed by atoms with van der Waals surface area (Å²) >= 11 is 1.23. The van der Waals surface area contributed by atoms with Gasteiger partial charge in [0.2, 0.25) is 0 Å². The van der Waals surface area contributed by atoms with Gasteiger partial charge >= 0.3 is 0 Å². The Morgan fingerprint density at radius 2 is 2.05 bits per heavy atom. The van der Waals surface area contributed by atoms with Crippen molar-refractivity contribution in [3.05, 3.63) is 40.2 Å². The lowest BCUT2D eigenvalue weighted by molar-refractivity contribution is 0.588. The molecule has 0 aliphatic rings. The van der Waals surface area contributed by atoms with Gasteiger partial charge in [-0.05, 0) is 38.6 Å². The molecule has 1 heterocycles. The summed E-state index contributed by atoms with van der Waals surface area (Å²) in [6.07, 6.45) is 1.58. The minimum absolute atomic E-state index is 0.0689. The Morgan fingerprint density at radius 3 is 2.62 bits per heavy atom. The van der Waals surface area contributed by atoms with E-state index >= 15 is 0 Å². The van der Waals surface area contributed by atoms with E-state index in [4.69, 9.17) is 0 Å². The van der Waals surface area contributed by atoms with Crippen LogP contribution in [0.2, 0.25) is 0 Å². The molecule has 0 atom stereocenters. The number of sulfonamides is 1. The van der Waals surface area contributed by atoms with Crippen LogP contribution < -0.4 is 10.0 Å². The van der Waals surface area contributed by atoms with Gasteiger partial charge in [0.15, 0.2) is 5.13 Å². The molecule has 2 rings (SSSR count). The first-order valence-electron chi connectivity index (χ1n) is 6.22. The van der Waals surface area contributed by atoms with Crippen molar-refractivity contribution < 1.29 is 12.8 Å². The van der Waals surface area contributed by atoms with Crippen LogP contribution in [0.3, 0.4) is 0 Å². The van der Waals surface area contributed by atoms with Crippen molar-refractivity contribution in [1.29, 1.82) is 0 Å². The van der Waals surface area contributed by atoms with Crippen LogP contribution in [0.15, 0.2) is 23.2 Å². The number of anilines is 1. The van der Waals surface area contributed by atoms with Gasteiger partial charge in [0.25, 0.3) is 10.0 Å². The van der Waals surface area contributed by atoms with E-state index in [0.29, 0.717) is 12.1 Å². The molecule has 21 heavy (non-hydrogen) atoms. The lowest BCUT2D eigenvalue weighted by atomic mass is 10.1. The van der Waals surface area contributed by atoms with Gasteiger partial charge < -0.3 is 5.32 Å². The fourth-order valence-electron chi connectivity index (χ4n) is 1.86. The summed E-state index contributed by atoms with van der Waals surface area (Å²) in [5.74, 6) is -0.543. The average Bonchev–Trinajstić information content (AvgIpc) is 2.78. The summed E-state index contributed by atoms with van der Waals surface area (Å²) in [6, 6.07) is 2.80. The second-order valence-corrected chi connectivity index (χ2v) is 7.50. The second-order valence-electron chi connectivity index (χ2n) is 4.61. The highest BCUT2D eigenvalue weighted by Gasteiger charge is 2.21. The summed E-state index contributed by atoms with van der Waals surface area (Å²) in [4.78, 5) is 4.78. The first-order valence-corrected chi connectivity index (χ1v) is 8.52. The third-order valence-corrected chi connectivity index (χ3v) is 5.29. The third kappa shape index (κ3) is 3.58. The zero-order valence-electron chi connectivity index (χ0n) is 11.9. The number of nitrogens with zero attached hydrogens (tertiary/aromatic N) is 1. The summed E-state index contributed by atoms with van der Waals surface area (Å²) in [7, 11) is -2.15. The molecular formula is C13H16FN3O2S2. The molecule has 2 N–H and O–H groups in total. The molecule has 0 aliphatic carbocycles. The fourth-order valence-corrected chi connectivity index (χ4v) is 4.08. The Labute approximate surface area is 127 Å². The number of aromatic nitrogens is 1. The fraction of sp³-hybridized carbons (Fsp3) is 0.308. The van der Waals surface area contributed by atoms with Crippen LogP contribution in [0.4, 0.5) is 9.52 Å². The van der Waals surface area contributed by atoms with Crippen molar-refractivity contribution in [3.8, 4) is 0 Å². The summed E-state index contributed by atoms with van der Waals surface area (Å²) < 4.78 is 41.1. The molecule has 0 saturated heterocycles. The van der Waals surface area contributed by atoms with Gasteiger partial charge in [-0.2, -0.15) is 0 Å². The molecule has 0 amide bonds. The first kappa shape index (κ1) is 15.9. The van der Waals surface area contributed by atoms with E-state index in [1.165, 1.54) is 30.4 Å². The molecule has 1 aromatic carbocycles. The Morgan fingerprint density at radius 1 is 1.33 bits per heavy atom. The van der Waals surface area contributed by atoms with Gasteiger partial charge in [-0.15, -0.1) is 11.3 Å². The molecule has 0 unspecified atom stereocenters. The summed E-state index contributed by atoms with van der Waals surface area (Å²) in [5, 5.41) is 3.14. The number of thiazole rings is 1. The van der Waals surface area contributed by atoms with Gasteiger partial charge in [-0.3, -0.25) is 4.72 Å². The van der Waals surface area contributed by atoms with Gasteiger partial charge in [0.05, 0.1) is 4.90 Å². The van der Waals surface area contributed by atoms with Crippen LogP contribution in [0.1, 0.15) is 16.0 Å². The standard InChI is InChI=1S/C13H16FN3O2S2/c1-8-6-16-13(20-8)17-21(18,19)12-5-10(7-15-3)4-11(14)9(12)2/h4-6,15H,7H2,1-3H3,(H,16,17). The highest BCUT2D eigenvalue weighted by atomic mass is 32.2. The van der Waals surface area contributed by atoms with Crippen LogP contribution in [-0.2, 0) is 16.6 Å². The predicted molar refractivity (Wildman–Crippen MR) is 81.6 cm³/mol. The zero-order valence-corrected chi connectivity index (χ0v) is 13.5. The predicted octanol–water partition coefficient (Wildman–Crippen LogP) is 2.42. The van der Waals surface area contributed by atoms with Crippen molar-refractivity contribution in [2.75, 3.05) is 11.8 Å². The second kappa shape index (κ2) is 6.08. The average molecular weight is 329 g/mol. The molecule has 0 bridgehead atoms. The largest absolute Gasteiger partial charge is 0.316 e. The Balaban J connectivity index is 2.43. The molecule has 0 radical (unpaired) electrons. The Bertz CT molecular complexity index is 757. The number of hydrogen-bond acceptors (Lipinski definition) is 5. The summed E-state index contributed by atoms with van der Waals surface area (Å²) in [5.41, 5.74) is 0.659. The number of benzene rings is 1. The van der Waals surface area contributed by atoms with Gasteiger partial charge in [0, 0.05) is 23.2 Å². The topological polar surface area (TPSA) is 71.1 Å². The third-order valence-electron chi connectivity index (χ3n) is 2.87. The van der Waals surface area contributed by atoms with Crippen molar-refractivity contribution in [1.82, 2.24) is 10.3 Å². The van der Waals surface area contributed by atoms with E-state index in [0.717, 1.165) is 4.88 Å². The quantitative estimate of drug-likeness (QED) is 0.884. The molecule has 0 aliphatic heterocycles. The molecule has 5 nitrogen and oxygen atoms in total.